The van der Waals surface area contributed by atoms with E-state index in [1.165, 1.54) is 6.07 Å². The average Bonchev–Trinajstić information content (AvgIpc) is 2.63. The fraction of sp³-hybridized carbons (Fsp3) is 0.333. The molecule has 1 aromatic heterocycles. The summed E-state index contributed by atoms with van der Waals surface area (Å²) >= 11 is 11.6. The second kappa shape index (κ2) is 5.31. The number of benzene rings is 1. The predicted octanol–water partition coefficient (Wildman–Crippen LogP) is 3.22. The Kier molecular flexibility index (Phi) is 4.08. The van der Waals surface area contributed by atoms with E-state index in [4.69, 9.17) is 23.2 Å². The maximum Gasteiger partial charge on any atom is 0.149 e. The molecule has 0 atom stereocenters. The van der Waals surface area contributed by atoms with Crippen molar-refractivity contribution in [2.75, 3.05) is 12.0 Å². The minimum absolute atomic E-state index is 0.0667. The van der Waals surface area contributed by atoms with Gasteiger partial charge in [0.15, 0.2) is 0 Å². The zero-order valence-electron chi connectivity index (χ0n) is 10.2. The van der Waals surface area contributed by atoms with Crippen molar-refractivity contribution >= 4 is 43.9 Å². The summed E-state index contributed by atoms with van der Waals surface area (Å²) in [7, 11) is -3.13. The summed E-state index contributed by atoms with van der Waals surface area (Å²) in [5.41, 5.74) is 1.00. The molecule has 2 rings (SSSR count). The van der Waals surface area contributed by atoms with Gasteiger partial charge in [0.2, 0.25) is 0 Å². The summed E-state index contributed by atoms with van der Waals surface area (Å²) in [5.74, 6) is -0.370. The van der Waals surface area contributed by atoms with Crippen LogP contribution in [0.2, 0.25) is 5.02 Å². The first-order chi connectivity index (χ1) is 8.81. The minimum Gasteiger partial charge on any atom is -0.340 e. The zero-order valence-corrected chi connectivity index (χ0v) is 12.5. The number of aryl methyl sites for hydroxylation is 1. The number of fused-ring (bicyclic) bond motifs is 1. The lowest BCUT2D eigenvalue weighted by Crippen LogP contribution is -2.13. The number of nitrogens with zero attached hydrogens (tertiary/aromatic N) is 1. The maximum atomic E-state index is 14.0. The number of rotatable bonds is 4. The molecule has 0 N–H and O–H groups in total. The van der Waals surface area contributed by atoms with E-state index in [1.807, 2.05) is 0 Å². The molecule has 19 heavy (non-hydrogen) atoms. The fourth-order valence-electron chi connectivity index (χ4n) is 2.00. The predicted molar refractivity (Wildman–Crippen MR) is 76.2 cm³/mol. The molecule has 1 aromatic carbocycles. The Morgan fingerprint density at radius 1 is 1.32 bits per heavy atom. The first-order valence-electron chi connectivity index (χ1n) is 5.52. The second-order valence-corrected chi connectivity index (χ2v) is 7.34. The summed E-state index contributed by atoms with van der Waals surface area (Å²) in [6, 6.07) is 4.56. The highest BCUT2D eigenvalue weighted by atomic mass is 35.5. The van der Waals surface area contributed by atoms with Crippen LogP contribution in [0.25, 0.3) is 10.9 Å². The van der Waals surface area contributed by atoms with Gasteiger partial charge in [0.1, 0.15) is 15.7 Å². The van der Waals surface area contributed by atoms with Crippen molar-refractivity contribution in [2.45, 2.75) is 12.4 Å². The van der Waals surface area contributed by atoms with E-state index in [1.54, 1.807) is 16.7 Å². The summed E-state index contributed by atoms with van der Waals surface area (Å²) < 4.78 is 38.1. The van der Waals surface area contributed by atoms with Crippen LogP contribution in [0.4, 0.5) is 4.39 Å². The van der Waals surface area contributed by atoms with Crippen LogP contribution in [-0.4, -0.2) is 25.0 Å². The van der Waals surface area contributed by atoms with E-state index in [-0.39, 0.29) is 18.2 Å². The monoisotopic (exact) mass is 323 g/mol. The van der Waals surface area contributed by atoms with Crippen LogP contribution in [-0.2, 0) is 22.3 Å². The van der Waals surface area contributed by atoms with E-state index in [0.29, 0.717) is 21.6 Å². The van der Waals surface area contributed by atoms with Crippen molar-refractivity contribution in [2.24, 2.45) is 0 Å². The highest BCUT2D eigenvalue weighted by Crippen LogP contribution is 2.27. The van der Waals surface area contributed by atoms with Crippen LogP contribution in [0.5, 0.6) is 0 Å². The van der Waals surface area contributed by atoms with Gasteiger partial charge < -0.3 is 4.57 Å². The molecule has 0 bridgehead atoms. The number of aromatic nitrogens is 1. The molecule has 1 heterocycles. The first kappa shape index (κ1) is 14.6. The topological polar surface area (TPSA) is 39.1 Å². The van der Waals surface area contributed by atoms with E-state index in [0.717, 1.165) is 6.26 Å². The lowest BCUT2D eigenvalue weighted by molar-refractivity contribution is 0.591. The fourth-order valence-corrected chi connectivity index (χ4v) is 2.95. The smallest absolute Gasteiger partial charge is 0.149 e. The highest BCUT2D eigenvalue weighted by Gasteiger charge is 2.14. The minimum atomic E-state index is -3.13. The Balaban J connectivity index is 2.57. The average molecular weight is 324 g/mol. The number of halogens is 3. The highest BCUT2D eigenvalue weighted by molar-refractivity contribution is 7.90. The first-order valence-corrected chi connectivity index (χ1v) is 8.50. The quantitative estimate of drug-likeness (QED) is 0.810. The van der Waals surface area contributed by atoms with E-state index < -0.39 is 15.7 Å². The molecular weight excluding hydrogens is 312 g/mol. The molecule has 104 valence electrons. The Bertz CT molecular complexity index is 725. The van der Waals surface area contributed by atoms with Gasteiger partial charge in [-0.25, -0.2) is 12.8 Å². The van der Waals surface area contributed by atoms with Crippen molar-refractivity contribution in [1.29, 1.82) is 0 Å². The summed E-state index contributed by atoms with van der Waals surface area (Å²) in [6.45, 7) is 0.170. The van der Waals surface area contributed by atoms with Gasteiger partial charge in [-0.05, 0) is 18.2 Å². The number of hydrogen-bond donors (Lipinski definition) is 0. The maximum absolute atomic E-state index is 14.0. The summed E-state index contributed by atoms with van der Waals surface area (Å²) in [6.07, 6.45) is 1.15. The third-order valence-electron chi connectivity index (χ3n) is 2.82. The van der Waals surface area contributed by atoms with Gasteiger partial charge in [-0.3, -0.25) is 0 Å². The molecule has 0 saturated carbocycles. The van der Waals surface area contributed by atoms with Crippen LogP contribution in [0.3, 0.4) is 0 Å². The summed E-state index contributed by atoms with van der Waals surface area (Å²) in [4.78, 5) is 0. The molecule has 0 spiro atoms. The molecule has 7 heteroatoms. The molecule has 0 fully saturated rings. The molecule has 0 amide bonds. The molecular formula is C12H12Cl2FNO2S. The van der Waals surface area contributed by atoms with Crippen molar-refractivity contribution in [1.82, 2.24) is 4.57 Å². The lowest BCUT2D eigenvalue weighted by atomic mass is 10.2. The van der Waals surface area contributed by atoms with Gasteiger partial charge in [0.05, 0.1) is 17.1 Å². The van der Waals surface area contributed by atoms with Crippen LogP contribution >= 0.6 is 23.2 Å². The lowest BCUT2D eigenvalue weighted by Gasteiger charge is -2.09. The number of sulfone groups is 1. The van der Waals surface area contributed by atoms with E-state index in [2.05, 4.69) is 0 Å². The molecule has 3 nitrogen and oxygen atoms in total. The molecule has 0 aliphatic heterocycles. The third-order valence-corrected chi connectivity index (χ3v) is 4.24. The summed E-state index contributed by atoms with van der Waals surface area (Å²) in [5, 5.41) is 0.917. The van der Waals surface area contributed by atoms with Crippen molar-refractivity contribution in [3.63, 3.8) is 0 Å². The van der Waals surface area contributed by atoms with Gasteiger partial charge >= 0.3 is 0 Å². The SMILES string of the molecule is CS(=O)(=O)CCn1c(CCl)cc2cc(Cl)cc(F)c21. The van der Waals surface area contributed by atoms with Crippen LogP contribution in [0.1, 0.15) is 5.69 Å². The Morgan fingerprint density at radius 2 is 2.00 bits per heavy atom. The van der Waals surface area contributed by atoms with Crippen molar-refractivity contribution in [3.8, 4) is 0 Å². The standard InChI is InChI=1S/C12H12Cl2FNO2S/c1-19(17,18)3-2-16-10(7-13)5-8-4-9(14)6-11(15)12(8)16/h4-6H,2-3,7H2,1H3. The van der Waals surface area contributed by atoms with Crippen LogP contribution < -0.4 is 0 Å². The van der Waals surface area contributed by atoms with Gasteiger partial charge in [0.25, 0.3) is 0 Å². The Hall–Kier alpha value is -0.780. The van der Waals surface area contributed by atoms with Crippen molar-refractivity contribution < 1.29 is 12.8 Å². The van der Waals surface area contributed by atoms with Crippen LogP contribution in [0.15, 0.2) is 18.2 Å². The Morgan fingerprint density at radius 3 is 2.58 bits per heavy atom. The number of hydrogen-bond acceptors (Lipinski definition) is 2. The van der Waals surface area contributed by atoms with Gasteiger partial charge in [-0.1, -0.05) is 11.6 Å². The largest absolute Gasteiger partial charge is 0.340 e. The Labute approximate surface area is 120 Å². The molecule has 0 radical (unpaired) electrons. The normalized spacial score (nSPS) is 12.2. The van der Waals surface area contributed by atoms with Gasteiger partial charge in [-0.15, -0.1) is 11.6 Å². The number of alkyl halides is 1. The van der Waals surface area contributed by atoms with Crippen LogP contribution in [0, 0.1) is 5.82 Å². The molecule has 0 aliphatic carbocycles. The van der Waals surface area contributed by atoms with Gasteiger partial charge in [0, 0.05) is 28.9 Å². The second-order valence-electron chi connectivity index (χ2n) is 4.38. The third kappa shape index (κ3) is 3.22. The zero-order chi connectivity index (χ0) is 14.2. The molecule has 0 saturated heterocycles. The van der Waals surface area contributed by atoms with Crippen molar-refractivity contribution in [3.05, 3.63) is 34.7 Å². The van der Waals surface area contributed by atoms with E-state index in [9.17, 15) is 12.8 Å². The molecule has 2 aromatic rings. The van der Waals surface area contributed by atoms with E-state index >= 15 is 0 Å². The van der Waals surface area contributed by atoms with Gasteiger partial charge in [-0.2, -0.15) is 0 Å². The molecule has 0 aliphatic rings. The molecule has 0 unspecified atom stereocenters.